The Morgan fingerprint density at radius 3 is 2.60 bits per heavy atom. The van der Waals surface area contributed by atoms with Gasteiger partial charge in [0.2, 0.25) is 0 Å². The van der Waals surface area contributed by atoms with Crippen molar-refractivity contribution < 1.29 is 4.79 Å². The topological polar surface area (TPSA) is 33.2 Å². The molecular weight excluding hydrogens is 371 g/mol. The summed E-state index contributed by atoms with van der Waals surface area (Å²) in [7, 11) is 0. The highest BCUT2D eigenvalue weighted by Crippen LogP contribution is 2.18. The van der Waals surface area contributed by atoms with E-state index in [0.717, 1.165) is 21.3 Å². The third kappa shape index (κ3) is 3.14. The summed E-state index contributed by atoms with van der Waals surface area (Å²) in [4.78, 5) is 17.9. The summed E-state index contributed by atoms with van der Waals surface area (Å²) in [5, 5.41) is 0. The Morgan fingerprint density at radius 1 is 1.53 bits per heavy atom. The third-order valence-corrected chi connectivity index (χ3v) is 4.30. The van der Waals surface area contributed by atoms with E-state index in [1.807, 2.05) is 19.9 Å². The van der Waals surface area contributed by atoms with Crippen LogP contribution in [-0.4, -0.2) is 28.9 Å². The molecule has 0 spiro atoms. The lowest BCUT2D eigenvalue weighted by atomic mass is 10.2. The molecule has 0 atom stereocenters. The van der Waals surface area contributed by atoms with Crippen molar-refractivity contribution >= 4 is 44.4 Å². The maximum absolute atomic E-state index is 11.9. The maximum Gasteiger partial charge on any atom is 0.255 e. The Labute approximate surface area is 112 Å². The molecule has 0 N–H and O–H groups in total. The van der Waals surface area contributed by atoms with Gasteiger partial charge in [-0.15, -0.1) is 0 Å². The monoisotopic (exact) mass is 382 g/mol. The number of hydrogen-bond acceptors (Lipinski definition) is 2. The summed E-state index contributed by atoms with van der Waals surface area (Å²) < 4.78 is 1.73. The van der Waals surface area contributed by atoms with Gasteiger partial charge in [0.25, 0.3) is 5.91 Å². The lowest BCUT2D eigenvalue weighted by Gasteiger charge is -2.18. The van der Waals surface area contributed by atoms with Crippen molar-refractivity contribution in [2.75, 3.05) is 13.1 Å². The van der Waals surface area contributed by atoms with Crippen LogP contribution in [0.3, 0.4) is 0 Å². The largest absolute Gasteiger partial charge is 0.339 e. The average molecular weight is 383 g/mol. The highest BCUT2D eigenvalue weighted by molar-refractivity contribution is 14.1. The first-order valence-corrected chi connectivity index (χ1v) is 6.57. The fourth-order valence-electron chi connectivity index (χ4n) is 1.23. The molecule has 82 valence electrons. The van der Waals surface area contributed by atoms with E-state index in [4.69, 9.17) is 0 Å². The molecule has 0 aromatic carbocycles. The zero-order chi connectivity index (χ0) is 11.4. The Balaban J connectivity index is 2.96. The molecule has 0 unspecified atom stereocenters. The van der Waals surface area contributed by atoms with E-state index in [1.54, 1.807) is 11.1 Å². The molecular formula is C10H12BrIN2O. The van der Waals surface area contributed by atoms with E-state index < -0.39 is 0 Å². The molecule has 1 aromatic rings. The predicted molar refractivity (Wildman–Crippen MR) is 71.9 cm³/mol. The molecule has 3 nitrogen and oxygen atoms in total. The molecule has 0 aliphatic carbocycles. The van der Waals surface area contributed by atoms with Crippen LogP contribution in [0.4, 0.5) is 0 Å². The number of hydrogen-bond donors (Lipinski definition) is 0. The van der Waals surface area contributed by atoms with E-state index in [9.17, 15) is 4.79 Å². The summed E-state index contributed by atoms with van der Waals surface area (Å²) in [5.74, 6) is 0.0320. The first-order valence-electron chi connectivity index (χ1n) is 4.70. The van der Waals surface area contributed by atoms with Crippen LogP contribution in [0.5, 0.6) is 0 Å². The van der Waals surface area contributed by atoms with Crippen molar-refractivity contribution in [2.24, 2.45) is 0 Å². The van der Waals surface area contributed by atoms with E-state index in [0.29, 0.717) is 5.56 Å². The average Bonchev–Trinajstić information content (AvgIpc) is 2.23. The van der Waals surface area contributed by atoms with E-state index in [2.05, 4.69) is 43.5 Å². The smallest absolute Gasteiger partial charge is 0.255 e. The summed E-state index contributed by atoms with van der Waals surface area (Å²) in [6.07, 6.45) is 1.62. The van der Waals surface area contributed by atoms with Gasteiger partial charge < -0.3 is 4.90 Å². The number of aromatic nitrogens is 1. The Morgan fingerprint density at radius 2 is 2.13 bits per heavy atom. The van der Waals surface area contributed by atoms with E-state index >= 15 is 0 Å². The molecule has 15 heavy (non-hydrogen) atoms. The quantitative estimate of drug-likeness (QED) is 0.594. The highest BCUT2D eigenvalue weighted by atomic mass is 127. The maximum atomic E-state index is 11.9. The molecule has 1 heterocycles. The molecule has 0 aliphatic rings. The first kappa shape index (κ1) is 12.9. The predicted octanol–water partition coefficient (Wildman–Crippen LogP) is 2.93. The van der Waals surface area contributed by atoms with Gasteiger partial charge in [0.15, 0.2) is 0 Å². The lowest BCUT2D eigenvalue weighted by molar-refractivity contribution is 0.0772. The van der Waals surface area contributed by atoms with Crippen LogP contribution in [0.25, 0.3) is 0 Å². The summed E-state index contributed by atoms with van der Waals surface area (Å²) in [5.41, 5.74) is 0.631. The summed E-state index contributed by atoms with van der Waals surface area (Å²) >= 11 is 5.48. The zero-order valence-corrected chi connectivity index (χ0v) is 12.4. The second-order valence-corrected chi connectivity index (χ2v) is 4.85. The van der Waals surface area contributed by atoms with Crippen molar-refractivity contribution in [3.63, 3.8) is 0 Å². The minimum absolute atomic E-state index is 0.0320. The van der Waals surface area contributed by atoms with Crippen LogP contribution in [0.15, 0.2) is 16.7 Å². The van der Waals surface area contributed by atoms with Gasteiger partial charge in [-0.05, 0) is 58.4 Å². The summed E-state index contributed by atoms with van der Waals surface area (Å²) in [6.45, 7) is 5.38. The van der Waals surface area contributed by atoms with Gasteiger partial charge in [0, 0.05) is 19.3 Å². The number of rotatable bonds is 3. The van der Waals surface area contributed by atoms with Gasteiger partial charge in [-0.1, -0.05) is 0 Å². The number of halogens is 2. The number of carbonyl (C=O) groups is 1. The van der Waals surface area contributed by atoms with Gasteiger partial charge >= 0.3 is 0 Å². The molecule has 1 amide bonds. The van der Waals surface area contributed by atoms with Crippen LogP contribution in [0.1, 0.15) is 24.2 Å². The number of pyridine rings is 1. The van der Waals surface area contributed by atoms with Crippen molar-refractivity contribution in [1.29, 1.82) is 0 Å². The normalized spacial score (nSPS) is 10.1. The number of nitrogens with zero attached hydrogens (tertiary/aromatic N) is 2. The number of amides is 1. The second-order valence-electron chi connectivity index (χ2n) is 2.97. The Hall–Kier alpha value is -0.170. The van der Waals surface area contributed by atoms with E-state index in [-0.39, 0.29) is 5.91 Å². The molecule has 5 heteroatoms. The van der Waals surface area contributed by atoms with Crippen LogP contribution in [-0.2, 0) is 0 Å². The molecule has 0 saturated heterocycles. The van der Waals surface area contributed by atoms with Crippen molar-refractivity contribution in [3.8, 4) is 0 Å². The first-order chi connectivity index (χ1) is 7.10. The van der Waals surface area contributed by atoms with Crippen molar-refractivity contribution in [1.82, 2.24) is 9.88 Å². The molecule has 0 radical (unpaired) electrons. The second kappa shape index (κ2) is 5.79. The van der Waals surface area contributed by atoms with Crippen molar-refractivity contribution in [3.05, 3.63) is 26.0 Å². The lowest BCUT2D eigenvalue weighted by Crippen LogP contribution is -2.30. The number of carbonyl (C=O) groups excluding carboxylic acids is 1. The molecule has 1 rings (SSSR count). The SMILES string of the molecule is CCN(CC)C(=O)c1cnc(I)c(Br)c1. The minimum Gasteiger partial charge on any atom is -0.339 e. The van der Waals surface area contributed by atoms with E-state index in [1.165, 1.54) is 0 Å². The highest BCUT2D eigenvalue weighted by Gasteiger charge is 2.13. The van der Waals surface area contributed by atoms with Crippen LogP contribution in [0, 0.1) is 3.70 Å². The Kier molecular flexibility index (Phi) is 4.98. The van der Waals surface area contributed by atoms with Crippen LogP contribution >= 0.6 is 38.5 Å². The van der Waals surface area contributed by atoms with Gasteiger partial charge in [0.1, 0.15) is 3.70 Å². The Bertz CT molecular complexity index is 366. The van der Waals surface area contributed by atoms with Gasteiger partial charge in [0.05, 0.1) is 10.0 Å². The molecule has 0 fully saturated rings. The van der Waals surface area contributed by atoms with Gasteiger partial charge in [-0.3, -0.25) is 4.79 Å². The summed E-state index contributed by atoms with van der Waals surface area (Å²) in [6, 6.07) is 1.81. The fourth-order valence-corrected chi connectivity index (χ4v) is 1.88. The molecule has 0 bridgehead atoms. The van der Waals surface area contributed by atoms with Gasteiger partial charge in [-0.2, -0.15) is 0 Å². The van der Waals surface area contributed by atoms with Crippen LogP contribution in [0.2, 0.25) is 0 Å². The molecule has 0 aliphatic heterocycles. The molecule has 0 saturated carbocycles. The van der Waals surface area contributed by atoms with Crippen molar-refractivity contribution in [2.45, 2.75) is 13.8 Å². The third-order valence-electron chi connectivity index (χ3n) is 2.09. The van der Waals surface area contributed by atoms with Gasteiger partial charge in [-0.25, -0.2) is 4.98 Å². The van der Waals surface area contributed by atoms with Crippen LogP contribution < -0.4 is 0 Å². The minimum atomic E-state index is 0.0320. The molecule has 1 aromatic heterocycles. The standard InChI is InChI=1S/C10H12BrIN2O/c1-3-14(4-2)10(15)7-5-8(11)9(12)13-6-7/h5-6H,3-4H2,1-2H3. The zero-order valence-electron chi connectivity index (χ0n) is 8.63. The fraction of sp³-hybridized carbons (Fsp3) is 0.400.